The van der Waals surface area contributed by atoms with Crippen LogP contribution < -0.4 is 9.96 Å². The first-order valence-electron chi connectivity index (χ1n) is 4.98. The van der Waals surface area contributed by atoms with E-state index in [-0.39, 0.29) is 23.7 Å². The van der Waals surface area contributed by atoms with E-state index in [1.54, 1.807) is 0 Å². The lowest BCUT2D eigenvalue weighted by Gasteiger charge is -2.10. The van der Waals surface area contributed by atoms with Gasteiger partial charge in [-0.1, -0.05) is 0 Å². The van der Waals surface area contributed by atoms with Crippen LogP contribution in [0.25, 0.3) is 0 Å². The molecule has 0 unspecified atom stereocenters. The molecule has 0 spiro atoms. The lowest BCUT2D eigenvalue weighted by Crippen LogP contribution is -2.34. The Balaban J connectivity index is 2.93. The van der Waals surface area contributed by atoms with Crippen LogP contribution in [0.4, 0.5) is 5.69 Å². The van der Waals surface area contributed by atoms with E-state index in [4.69, 9.17) is 14.9 Å². The van der Waals surface area contributed by atoms with Crippen molar-refractivity contribution in [2.75, 3.05) is 6.73 Å². The zero-order chi connectivity index (χ0) is 13.7. The minimum Gasteiger partial charge on any atom is -0.478 e. The third-order valence-corrected chi connectivity index (χ3v) is 2.01. The molecule has 0 aromatic heterocycles. The van der Waals surface area contributed by atoms with Gasteiger partial charge in [-0.05, 0) is 12.9 Å². The summed E-state index contributed by atoms with van der Waals surface area (Å²) in [7, 11) is -0.836. The van der Waals surface area contributed by atoms with Crippen LogP contribution in [0.3, 0.4) is 0 Å². The van der Waals surface area contributed by atoms with Gasteiger partial charge in [-0.15, -0.1) is 0 Å². The smallest absolute Gasteiger partial charge is 0.376 e. The summed E-state index contributed by atoms with van der Waals surface area (Å²) in [6.07, 6.45) is 0. The average molecular weight is 254 g/mol. The summed E-state index contributed by atoms with van der Waals surface area (Å²) < 4.78 is 5.04. The second kappa shape index (κ2) is 5.98. The Bertz CT molecular complexity index is 464. The molecule has 0 fully saturated rings. The summed E-state index contributed by atoms with van der Waals surface area (Å²) in [6.45, 7) is 1.29. The molecule has 0 bridgehead atoms. The normalized spacial score (nSPS) is 9.89. The monoisotopic (exact) mass is 254 g/mol. The molecule has 0 radical (unpaired) electrons. The van der Waals surface area contributed by atoms with E-state index in [1.165, 1.54) is 6.82 Å². The zero-order valence-electron chi connectivity index (χ0n) is 9.49. The fraction of sp³-hybridized carbons (Fsp3) is 0.222. The van der Waals surface area contributed by atoms with E-state index in [2.05, 4.69) is 5.23 Å². The number of rotatable bonds is 6. The minimum absolute atomic E-state index is 0.134. The molecule has 96 valence electrons. The van der Waals surface area contributed by atoms with E-state index in [1.807, 2.05) is 0 Å². The van der Waals surface area contributed by atoms with Crippen LogP contribution in [0.15, 0.2) is 18.2 Å². The van der Waals surface area contributed by atoms with Crippen LogP contribution in [0.1, 0.15) is 10.4 Å². The number of hydrogen-bond donors (Lipinski definition) is 3. The SMILES string of the molecule is CB(O)NCOc1cc([N+](=O)[O-])ccc1C(=O)O. The van der Waals surface area contributed by atoms with Crippen molar-refractivity contribution in [1.29, 1.82) is 0 Å². The van der Waals surface area contributed by atoms with Crippen molar-refractivity contribution in [3.8, 4) is 5.75 Å². The van der Waals surface area contributed by atoms with Gasteiger partial charge in [0.1, 0.15) is 18.0 Å². The van der Waals surface area contributed by atoms with Crippen molar-refractivity contribution in [3.05, 3.63) is 33.9 Å². The number of nitro groups is 1. The standard InChI is InChI=1S/C9H11BN2O6/c1-10(15)11-5-18-8-4-6(12(16)17)2-3-7(8)9(13)14/h2-4,11,15H,5H2,1H3,(H,13,14). The number of nitro benzene ring substituents is 1. The number of non-ortho nitro benzene ring substituents is 1. The molecule has 0 amide bonds. The number of hydrogen-bond acceptors (Lipinski definition) is 6. The highest BCUT2D eigenvalue weighted by Gasteiger charge is 2.16. The topological polar surface area (TPSA) is 122 Å². The zero-order valence-corrected chi connectivity index (χ0v) is 9.49. The molecule has 0 aliphatic carbocycles. The summed E-state index contributed by atoms with van der Waals surface area (Å²) in [6, 6.07) is 3.20. The first-order valence-corrected chi connectivity index (χ1v) is 4.98. The van der Waals surface area contributed by atoms with Gasteiger partial charge in [0.05, 0.1) is 11.0 Å². The van der Waals surface area contributed by atoms with Crippen LogP contribution >= 0.6 is 0 Å². The number of carboxylic acids is 1. The molecular formula is C9H11BN2O6. The van der Waals surface area contributed by atoms with Gasteiger partial charge in [-0.25, -0.2) is 4.79 Å². The first-order chi connectivity index (χ1) is 8.41. The van der Waals surface area contributed by atoms with Crippen molar-refractivity contribution < 1.29 is 24.6 Å². The molecule has 1 aromatic carbocycles. The molecule has 9 heteroatoms. The fourth-order valence-corrected chi connectivity index (χ4v) is 1.16. The van der Waals surface area contributed by atoms with E-state index in [9.17, 15) is 14.9 Å². The number of carboxylic acid groups (broad SMARTS) is 1. The van der Waals surface area contributed by atoms with Crippen LogP contribution in [0.5, 0.6) is 5.75 Å². The largest absolute Gasteiger partial charge is 0.478 e. The van der Waals surface area contributed by atoms with Crippen LogP contribution in [-0.2, 0) is 0 Å². The third-order valence-electron chi connectivity index (χ3n) is 2.01. The molecule has 0 saturated carbocycles. The lowest BCUT2D eigenvalue weighted by molar-refractivity contribution is -0.384. The Morgan fingerprint density at radius 1 is 1.61 bits per heavy atom. The minimum atomic E-state index is -1.25. The highest BCUT2D eigenvalue weighted by molar-refractivity contribution is 6.45. The average Bonchev–Trinajstić information content (AvgIpc) is 2.27. The lowest BCUT2D eigenvalue weighted by atomic mass is 9.90. The van der Waals surface area contributed by atoms with Gasteiger partial charge in [-0.2, -0.15) is 0 Å². The summed E-state index contributed by atoms with van der Waals surface area (Å²) in [5.41, 5.74) is -0.458. The van der Waals surface area contributed by atoms with Gasteiger partial charge in [-0.3, -0.25) is 15.3 Å². The number of aromatic carboxylic acids is 1. The predicted octanol–water partition coefficient (Wildman–Crippen LogP) is 0.329. The molecule has 1 rings (SSSR count). The fourth-order valence-electron chi connectivity index (χ4n) is 1.16. The Labute approximate surface area is 102 Å². The Morgan fingerprint density at radius 3 is 2.78 bits per heavy atom. The summed E-state index contributed by atoms with van der Waals surface area (Å²) in [5, 5.41) is 30.9. The summed E-state index contributed by atoms with van der Waals surface area (Å²) in [5.74, 6) is -1.39. The van der Waals surface area contributed by atoms with Gasteiger partial charge >= 0.3 is 13.0 Å². The second-order valence-corrected chi connectivity index (χ2v) is 3.41. The third kappa shape index (κ3) is 3.72. The molecule has 0 saturated heterocycles. The van der Waals surface area contributed by atoms with Gasteiger partial charge in [0.25, 0.3) is 5.69 Å². The van der Waals surface area contributed by atoms with Crippen molar-refractivity contribution in [2.45, 2.75) is 6.82 Å². The van der Waals surface area contributed by atoms with E-state index < -0.39 is 17.9 Å². The maximum Gasteiger partial charge on any atom is 0.376 e. The quantitative estimate of drug-likeness (QED) is 0.289. The number of benzene rings is 1. The molecule has 1 aromatic rings. The maximum atomic E-state index is 10.9. The van der Waals surface area contributed by atoms with E-state index in [0.717, 1.165) is 18.2 Å². The number of ether oxygens (including phenoxy) is 1. The van der Waals surface area contributed by atoms with Crippen LogP contribution in [-0.4, -0.2) is 34.8 Å². The molecule has 0 aliphatic rings. The predicted molar refractivity (Wildman–Crippen MR) is 62.5 cm³/mol. The highest BCUT2D eigenvalue weighted by atomic mass is 16.6. The molecule has 0 atom stereocenters. The Morgan fingerprint density at radius 2 is 2.28 bits per heavy atom. The molecule has 0 heterocycles. The molecule has 0 aliphatic heterocycles. The summed E-state index contributed by atoms with van der Waals surface area (Å²) in [4.78, 5) is 20.8. The van der Waals surface area contributed by atoms with Gasteiger partial charge in [0.15, 0.2) is 0 Å². The molecule has 18 heavy (non-hydrogen) atoms. The van der Waals surface area contributed by atoms with E-state index >= 15 is 0 Å². The highest BCUT2D eigenvalue weighted by Crippen LogP contribution is 2.24. The maximum absolute atomic E-state index is 10.9. The van der Waals surface area contributed by atoms with Gasteiger partial charge in [0.2, 0.25) is 0 Å². The van der Waals surface area contributed by atoms with Crippen LogP contribution in [0.2, 0.25) is 6.82 Å². The first kappa shape index (κ1) is 13.9. The number of carbonyl (C=O) groups is 1. The number of nitrogens with one attached hydrogen (secondary N) is 1. The molecular weight excluding hydrogens is 243 g/mol. The Kier molecular flexibility index (Phi) is 4.63. The molecule has 8 nitrogen and oxygen atoms in total. The summed E-state index contributed by atoms with van der Waals surface area (Å²) >= 11 is 0. The Hall–Kier alpha value is -2.13. The van der Waals surface area contributed by atoms with Crippen molar-refractivity contribution in [2.24, 2.45) is 0 Å². The van der Waals surface area contributed by atoms with Crippen LogP contribution in [0, 0.1) is 10.1 Å². The number of nitrogens with zero attached hydrogens (tertiary/aromatic N) is 1. The van der Waals surface area contributed by atoms with Gasteiger partial charge < -0.3 is 14.9 Å². The van der Waals surface area contributed by atoms with Crippen molar-refractivity contribution >= 4 is 18.7 Å². The van der Waals surface area contributed by atoms with Crippen molar-refractivity contribution in [1.82, 2.24) is 5.23 Å². The van der Waals surface area contributed by atoms with E-state index in [0.29, 0.717) is 0 Å². The second-order valence-electron chi connectivity index (χ2n) is 3.41. The van der Waals surface area contributed by atoms with Gasteiger partial charge in [0, 0.05) is 6.07 Å². The molecule has 3 N–H and O–H groups in total. The van der Waals surface area contributed by atoms with Crippen molar-refractivity contribution in [3.63, 3.8) is 0 Å².